The number of rotatable bonds is 3. The first-order valence-corrected chi connectivity index (χ1v) is 9.24. The lowest BCUT2D eigenvalue weighted by molar-refractivity contribution is 1.06. The number of imidazole rings is 2. The SMILES string of the molecule is Cc1cn(-c2ccnc3[nH]c(-c4n[nH]c5ccc(-c6cnccn6)nc45)nc23)cn1. The molecular formula is C20H14N10. The monoisotopic (exact) mass is 394 g/mol. The van der Waals surface area contributed by atoms with Crippen molar-refractivity contribution in [3.05, 3.63) is 61.2 Å². The van der Waals surface area contributed by atoms with Gasteiger partial charge in [0.15, 0.2) is 17.2 Å². The molecule has 0 amide bonds. The van der Waals surface area contributed by atoms with Crippen LogP contribution in [0.5, 0.6) is 0 Å². The first kappa shape index (κ1) is 16.5. The summed E-state index contributed by atoms with van der Waals surface area (Å²) < 4.78 is 1.93. The number of fused-ring (bicyclic) bond motifs is 2. The van der Waals surface area contributed by atoms with E-state index in [4.69, 9.17) is 9.97 Å². The topological polar surface area (TPSA) is 127 Å². The van der Waals surface area contributed by atoms with E-state index in [0.29, 0.717) is 34.1 Å². The van der Waals surface area contributed by atoms with Crippen LogP contribution in [0.3, 0.4) is 0 Å². The van der Waals surface area contributed by atoms with E-state index in [-0.39, 0.29) is 0 Å². The molecule has 0 unspecified atom stereocenters. The van der Waals surface area contributed by atoms with Crippen LogP contribution in [0.25, 0.3) is 50.8 Å². The molecule has 0 aromatic carbocycles. The number of aromatic amines is 2. The Hall–Kier alpha value is -4.47. The zero-order chi connectivity index (χ0) is 20.1. The van der Waals surface area contributed by atoms with Crippen molar-refractivity contribution in [3.8, 4) is 28.6 Å². The normalized spacial score (nSPS) is 11.5. The molecule has 0 spiro atoms. The summed E-state index contributed by atoms with van der Waals surface area (Å²) in [5.74, 6) is 0.580. The van der Waals surface area contributed by atoms with Crippen LogP contribution in [0.1, 0.15) is 5.69 Å². The van der Waals surface area contributed by atoms with Crippen molar-refractivity contribution in [3.63, 3.8) is 0 Å². The molecule has 0 saturated heterocycles. The fourth-order valence-corrected chi connectivity index (χ4v) is 3.41. The summed E-state index contributed by atoms with van der Waals surface area (Å²) in [4.78, 5) is 29.9. The van der Waals surface area contributed by atoms with Crippen LogP contribution in [0, 0.1) is 6.92 Å². The van der Waals surface area contributed by atoms with Gasteiger partial charge < -0.3 is 9.55 Å². The summed E-state index contributed by atoms with van der Waals surface area (Å²) in [5.41, 5.74) is 6.71. The van der Waals surface area contributed by atoms with Gasteiger partial charge in [-0.3, -0.25) is 15.1 Å². The first-order valence-electron chi connectivity index (χ1n) is 9.24. The molecule has 144 valence electrons. The van der Waals surface area contributed by atoms with Crippen molar-refractivity contribution in [2.75, 3.05) is 0 Å². The molecule has 0 aliphatic carbocycles. The molecule has 0 radical (unpaired) electrons. The zero-order valence-corrected chi connectivity index (χ0v) is 15.8. The highest BCUT2D eigenvalue weighted by atomic mass is 15.2. The number of hydrogen-bond acceptors (Lipinski definition) is 7. The molecule has 0 bridgehead atoms. The van der Waals surface area contributed by atoms with Crippen molar-refractivity contribution in [2.24, 2.45) is 0 Å². The van der Waals surface area contributed by atoms with Crippen LogP contribution in [0.15, 0.2) is 55.5 Å². The maximum Gasteiger partial charge on any atom is 0.162 e. The van der Waals surface area contributed by atoms with Gasteiger partial charge in [-0.2, -0.15) is 5.10 Å². The predicted octanol–water partition coefficient (Wildman–Crippen LogP) is 2.85. The third-order valence-electron chi connectivity index (χ3n) is 4.81. The van der Waals surface area contributed by atoms with E-state index < -0.39 is 0 Å². The van der Waals surface area contributed by atoms with E-state index in [1.54, 1.807) is 31.1 Å². The van der Waals surface area contributed by atoms with Crippen molar-refractivity contribution >= 4 is 22.2 Å². The Kier molecular flexibility index (Phi) is 3.45. The molecule has 6 rings (SSSR count). The van der Waals surface area contributed by atoms with Gasteiger partial charge in [0, 0.05) is 24.8 Å². The average molecular weight is 394 g/mol. The standard InChI is InChI=1S/C20H14N10/c1-11-9-30(10-24-11)15-4-5-23-19-17(15)26-20(27-19)18-16-13(28-29-18)3-2-12(25-16)14-8-21-6-7-22-14/h2-10H,1H3,(H,28,29)(H,23,26,27). The predicted molar refractivity (Wildman–Crippen MR) is 110 cm³/mol. The molecular weight excluding hydrogens is 380 g/mol. The zero-order valence-electron chi connectivity index (χ0n) is 15.8. The van der Waals surface area contributed by atoms with Gasteiger partial charge in [-0.15, -0.1) is 0 Å². The van der Waals surface area contributed by atoms with Crippen LogP contribution < -0.4 is 0 Å². The fraction of sp³-hybridized carbons (Fsp3) is 0.0500. The fourth-order valence-electron chi connectivity index (χ4n) is 3.41. The largest absolute Gasteiger partial charge is 0.321 e. The van der Waals surface area contributed by atoms with Crippen molar-refractivity contribution in [1.29, 1.82) is 0 Å². The molecule has 0 aliphatic heterocycles. The van der Waals surface area contributed by atoms with Gasteiger partial charge in [0.2, 0.25) is 0 Å². The molecule has 30 heavy (non-hydrogen) atoms. The number of hydrogen-bond donors (Lipinski definition) is 2. The lowest BCUT2D eigenvalue weighted by Gasteiger charge is -2.01. The third-order valence-corrected chi connectivity index (χ3v) is 4.81. The summed E-state index contributed by atoms with van der Waals surface area (Å²) in [6, 6.07) is 5.71. The average Bonchev–Trinajstić information content (AvgIpc) is 3.51. The van der Waals surface area contributed by atoms with Crippen molar-refractivity contribution < 1.29 is 0 Å². The maximum atomic E-state index is 4.78. The van der Waals surface area contributed by atoms with Gasteiger partial charge in [-0.05, 0) is 25.1 Å². The number of pyridine rings is 2. The van der Waals surface area contributed by atoms with Crippen LogP contribution in [-0.2, 0) is 0 Å². The molecule has 0 aliphatic rings. The van der Waals surface area contributed by atoms with Crippen LogP contribution in [0.4, 0.5) is 0 Å². The van der Waals surface area contributed by atoms with Crippen LogP contribution >= 0.6 is 0 Å². The molecule has 0 fully saturated rings. The number of nitrogens with one attached hydrogen (secondary N) is 2. The Morgan fingerprint density at radius 3 is 2.70 bits per heavy atom. The summed E-state index contributed by atoms with van der Waals surface area (Å²) in [6.07, 6.45) is 10.4. The van der Waals surface area contributed by atoms with Gasteiger partial charge in [-0.1, -0.05) is 0 Å². The summed E-state index contributed by atoms with van der Waals surface area (Å²) in [7, 11) is 0. The minimum Gasteiger partial charge on any atom is -0.321 e. The highest BCUT2D eigenvalue weighted by Gasteiger charge is 2.17. The number of nitrogens with zero attached hydrogens (tertiary/aromatic N) is 8. The number of aromatic nitrogens is 10. The molecule has 0 atom stereocenters. The van der Waals surface area contributed by atoms with Gasteiger partial charge in [0.1, 0.15) is 16.7 Å². The lowest BCUT2D eigenvalue weighted by atomic mass is 10.2. The number of H-pyrrole nitrogens is 2. The third kappa shape index (κ3) is 2.54. The van der Waals surface area contributed by atoms with E-state index in [0.717, 1.165) is 22.4 Å². The lowest BCUT2D eigenvalue weighted by Crippen LogP contribution is -1.92. The Morgan fingerprint density at radius 2 is 1.87 bits per heavy atom. The minimum absolute atomic E-state index is 0.580. The van der Waals surface area contributed by atoms with Crippen molar-refractivity contribution in [1.82, 2.24) is 49.7 Å². The van der Waals surface area contributed by atoms with Crippen LogP contribution in [0.2, 0.25) is 0 Å². The summed E-state index contributed by atoms with van der Waals surface area (Å²) in [5, 5.41) is 7.45. The maximum absolute atomic E-state index is 4.78. The highest BCUT2D eigenvalue weighted by molar-refractivity contribution is 5.92. The van der Waals surface area contributed by atoms with Crippen LogP contribution in [-0.4, -0.2) is 49.7 Å². The second-order valence-electron chi connectivity index (χ2n) is 6.79. The Labute approximate surface area is 169 Å². The minimum atomic E-state index is 0.580. The molecule has 2 N–H and O–H groups in total. The van der Waals surface area contributed by atoms with E-state index in [1.165, 1.54) is 0 Å². The molecule has 6 heterocycles. The molecule has 10 nitrogen and oxygen atoms in total. The molecule has 10 heteroatoms. The smallest absolute Gasteiger partial charge is 0.162 e. The van der Waals surface area contributed by atoms with Crippen molar-refractivity contribution in [2.45, 2.75) is 6.92 Å². The Balaban J connectivity index is 1.52. The van der Waals surface area contributed by atoms with E-state index in [2.05, 4.69) is 35.1 Å². The number of aryl methyl sites for hydroxylation is 1. The van der Waals surface area contributed by atoms with Gasteiger partial charge in [0.05, 0.1) is 35.1 Å². The highest BCUT2D eigenvalue weighted by Crippen LogP contribution is 2.28. The van der Waals surface area contributed by atoms with Gasteiger partial charge in [0.25, 0.3) is 0 Å². The summed E-state index contributed by atoms with van der Waals surface area (Å²) in [6.45, 7) is 1.95. The quantitative estimate of drug-likeness (QED) is 0.472. The van der Waals surface area contributed by atoms with E-state index in [1.807, 2.05) is 35.9 Å². The second-order valence-corrected chi connectivity index (χ2v) is 6.79. The molecule has 6 aromatic heterocycles. The van der Waals surface area contributed by atoms with E-state index >= 15 is 0 Å². The Bertz CT molecular complexity index is 1510. The second kappa shape index (κ2) is 6.27. The Morgan fingerprint density at radius 1 is 0.900 bits per heavy atom. The van der Waals surface area contributed by atoms with E-state index in [9.17, 15) is 0 Å². The molecule has 0 saturated carbocycles. The first-order chi connectivity index (χ1) is 14.8. The summed E-state index contributed by atoms with van der Waals surface area (Å²) >= 11 is 0. The van der Waals surface area contributed by atoms with Gasteiger partial charge in [-0.25, -0.2) is 19.9 Å². The van der Waals surface area contributed by atoms with Gasteiger partial charge >= 0.3 is 0 Å². The molecule has 6 aromatic rings.